The van der Waals surface area contributed by atoms with E-state index < -0.39 is 12.2 Å². The Morgan fingerprint density at radius 2 is 1.90 bits per heavy atom. The minimum Gasteiger partial charge on any atom is -0.387 e. The van der Waals surface area contributed by atoms with E-state index in [1.165, 1.54) is 0 Å². The predicted molar refractivity (Wildman–Crippen MR) is 162 cm³/mol. The molecule has 41 heavy (non-hydrogen) atoms. The number of benzene rings is 3. The number of piperidine rings is 1. The van der Waals surface area contributed by atoms with E-state index in [-0.39, 0.29) is 11.8 Å². The molecule has 1 saturated heterocycles. The molecular formula is C34H44N2O5. The number of amides is 1. The molecule has 1 fully saturated rings. The zero-order valence-corrected chi connectivity index (χ0v) is 24.5. The van der Waals surface area contributed by atoms with Crippen LogP contribution < -0.4 is 10.6 Å². The van der Waals surface area contributed by atoms with Crippen LogP contribution in [0.4, 0.5) is 0 Å². The fraction of sp³-hybridized carbons (Fsp3) is 0.441. The van der Waals surface area contributed by atoms with Gasteiger partial charge in [0.05, 0.1) is 25.4 Å². The lowest BCUT2D eigenvalue weighted by Crippen LogP contribution is -2.46. The summed E-state index contributed by atoms with van der Waals surface area (Å²) in [6.45, 7) is 7.49. The summed E-state index contributed by atoms with van der Waals surface area (Å²) in [4.78, 5) is 11.4. The SMILES string of the molecule is COC[C@H](C)COCc1ccc(C2(O)CCNC[C@@H]2c2ccc(-c3ccccc3CCNC(=O)CO)cc2C)cc1. The van der Waals surface area contributed by atoms with Crippen LogP contribution in [0.3, 0.4) is 0 Å². The number of aliphatic hydroxyl groups is 2. The maximum absolute atomic E-state index is 12.1. The van der Waals surface area contributed by atoms with Gasteiger partial charge in [0.15, 0.2) is 0 Å². The van der Waals surface area contributed by atoms with Crippen molar-refractivity contribution in [2.45, 2.75) is 44.8 Å². The molecule has 3 atom stereocenters. The van der Waals surface area contributed by atoms with E-state index in [2.05, 4.69) is 66.9 Å². The third-order valence-corrected chi connectivity index (χ3v) is 8.02. The topological polar surface area (TPSA) is 100 Å². The molecule has 0 saturated carbocycles. The second-order valence-corrected chi connectivity index (χ2v) is 11.2. The third kappa shape index (κ3) is 7.82. The molecule has 4 rings (SSSR count). The van der Waals surface area contributed by atoms with Crippen LogP contribution in [-0.4, -0.2) is 62.7 Å². The van der Waals surface area contributed by atoms with E-state index in [0.717, 1.165) is 45.5 Å². The Morgan fingerprint density at radius 3 is 2.63 bits per heavy atom. The highest BCUT2D eigenvalue weighted by atomic mass is 16.5. The molecular weight excluding hydrogens is 516 g/mol. The van der Waals surface area contributed by atoms with Gasteiger partial charge < -0.3 is 30.3 Å². The fourth-order valence-corrected chi connectivity index (χ4v) is 5.83. The number of hydrogen-bond acceptors (Lipinski definition) is 6. The van der Waals surface area contributed by atoms with Gasteiger partial charge in [0, 0.05) is 32.0 Å². The summed E-state index contributed by atoms with van der Waals surface area (Å²) >= 11 is 0. The van der Waals surface area contributed by atoms with Crippen molar-refractivity contribution in [3.8, 4) is 11.1 Å². The number of methoxy groups -OCH3 is 1. The van der Waals surface area contributed by atoms with Crippen LogP contribution in [0.15, 0.2) is 66.7 Å². The maximum Gasteiger partial charge on any atom is 0.245 e. The normalized spacial score (nSPS) is 19.6. The average Bonchev–Trinajstić information content (AvgIpc) is 2.98. The van der Waals surface area contributed by atoms with Crippen molar-refractivity contribution < 1.29 is 24.5 Å². The molecule has 7 heteroatoms. The molecule has 3 aromatic carbocycles. The van der Waals surface area contributed by atoms with Crippen LogP contribution in [-0.2, 0) is 32.9 Å². The first-order valence-corrected chi connectivity index (χ1v) is 14.5. The Hall–Kier alpha value is -3.07. The largest absolute Gasteiger partial charge is 0.387 e. The second-order valence-electron chi connectivity index (χ2n) is 11.2. The fourth-order valence-electron chi connectivity index (χ4n) is 5.83. The van der Waals surface area contributed by atoms with Crippen LogP contribution in [0.25, 0.3) is 11.1 Å². The number of hydrogen-bond donors (Lipinski definition) is 4. The molecule has 1 heterocycles. The van der Waals surface area contributed by atoms with E-state index >= 15 is 0 Å². The Labute approximate surface area is 243 Å². The third-order valence-electron chi connectivity index (χ3n) is 8.02. The number of nitrogens with one attached hydrogen (secondary N) is 2. The zero-order valence-electron chi connectivity index (χ0n) is 24.5. The number of aliphatic hydroxyl groups excluding tert-OH is 1. The van der Waals surface area contributed by atoms with Crippen LogP contribution in [0.5, 0.6) is 0 Å². The van der Waals surface area contributed by atoms with Crippen molar-refractivity contribution in [2.24, 2.45) is 5.92 Å². The van der Waals surface area contributed by atoms with Gasteiger partial charge in [-0.15, -0.1) is 0 Å². The molecule has 0 aliphatic carbocycles. The minimum atomic E-state index is -0.979. The van der Waals surface area contributed by atoms with Gasteiger partial charge in [-0.05, 0) is 65.3 Å². The first-order chi connectivity index (χ1) is 19.9. The predicted octanol–water partition coefficient (Wildman–Crippen LogP) is 4.08. The van der Waals surface area contributed by atoms with Gasteiger partial charge >= 0.3 is 0 Å². The van der Waals surface area contributed by atoms with Crippen LogP contribution in [0, 0.1) is 12.8 Å². The standard InChI is InChI=1S/C34H44N2O5/c1-24(21-40-3)22-41-23-26-8-11-29(12-9-26)34(39)15-17-35-19-32(34)30-13-10-28(18-25(30)2)31-7-5-4-6-27(31)14-16-36-33(38)20-37/h4-13,18,24,32,35,37,39H,14-17,19-23H2,1-3H3,(H,36,38)/t24-,32+,34?/m0/s1. The maximum atomic E-state index is 12.1. The quantitative estimate of drug-likeness (QED) is 0.252. The number of carbonyl (C=O) groups excluding carboxylic acids is 1. The van der Waals surface area contributed by atoms with E-state index in [4.69, 9.17) is 14.6 Å². The smallest absolute Gasteiger partial charge is 0.245 e. The molecule has 1 aliphatic heterocycles. The Bertz CT molecular complexity index is 1280. The summed E-state index contributed by atoms with van der Waals surface area (Å²) in [5.41, 5.74) is 6.66. The van der Waals surface area contributed by atoms with E-state index in [1.54, 1.807) is 7.11 Å². The van der Waals surface area contributed by atoms with Crippen molar-refractivity contribution in [3.63, 3.8) is 0 Å². The first kappa shape index (κ1) is 30.9. The van der Waals surface area contributed by atoms with Crippen molar-refractivity contribution >= 4 is 5.91 Å². The van der Waals surface area contributed by atoms with Gasteiger partial charge in [-0.3, -0.25) is 4.79 Å². The molecule has 0 radical (unpaired) electrons. The molecule has 7 nitrogen and oxygen atoms in total. The highest BCUT2D eigenvalue weighted by Gasteiger charge is 2.41. The van der Waals surface area contributed by atoms with Gasteiger partial charge in [-0.2, -0.15) is 0 Å². The van der Waals surface area contributed by atoms with Gasteiger partial charge in [0.1, 0.15) is 6.61 Å². The monoisotopic (exact) mass is 560 g/mol. The van der Waals surface area contributed by atoms with Crippen molar-refractivity contribution in [2.75, 3.05) is 46.6 Å². The summed E-state index contributed by atoms with van der Waals surface area (Å²) < 4.78 is 11.0. The van der Waals surface area contributed by atoms with E-state index in [0.29, 0.717) is 51.7 Å². The highest BCUT2D eigenvalue weighted by molar-refractivity contribution is 5.77. The molecule has 1 amide bonds. The van der Waals surface area contributed by atoms with Crippen molar-refractivity contribution in [1.82, 2.24) is 10.6 Å². The van der Waals surface area contributed by atoms with Crippen LogP contribution >= 0.6 is 0 Å². The number of ether oxygens (including phenoxy) is 2. The number of aryl methyl sites for hydroxylation is 1. The summed E-state index contributed by atoms with van der Waals surface area (Å²) in [5.74, 6) is -0.115. The lowest BCUT2D eigenvalue weighted by Gasteiger charge is -2.42. The molecule has 0 aromatic heterocycles. The van der Waals surface area contributed by atoms with Gasteiger partial charge in [0.2, 0.25) is 5.91 Å². The molecule has 0 spiro atoms. The van der Waals surface area contributed by atoms with E-state index in [9.17, 15) is 9.90 Å². The Balaban J connectivity index is 1.51. The van der Waals surface area contributed by atoms with Gasteiger partial charge in [-0.1, -0.05) is 73.7 Å². The lowest BCUT2D eigenvalue weighted by molar-refractivity contribution is -0.123. The van der Waals surface area contributed by atoms with Gasteiger partial charge in [0.25, 0.3) is 0 Å². The minimum absolute atomic E-state index is 0.0915. The van der Waals surface area contributed by atoms with E-state index in [1.807, 2.05) is 24.3 Å². The Kier molecular flexibility index (Phi) is 11.1. The molecule has 1 aliphatic rings. The summed E-state index contributed by atoms with van der Waals surface area (Å²) in [5, 5.41) is 27.3. The van der Waals surface area contributed by atoms with Crippen molar-refractivity contribution in [1.29, 1.82) is 0 Å². The zero-order chi connectivity index (χ0) is 29.2. The molecule has 1 unspecified atom stereocenters. The molecule has 0 bridgehead atoms. The lowest BCUT2D eigenvalue weighted by atomic mass is 9.72. The second kappa shape index (κ2) is 14.7. The summed E-state index contributed by atoms with van der Waals surface area (Å²) in [6.07, 6.45) is 1.30. The van der Waals surface area contributed by atoms with Crippen LogP contribution in [0.2, 0.25) is 0 Å². The highest BCUT2D eigenvalue weighted by Crippen LogP contribution is 2.43. The first-order valence-electron chi connectivity index (χ1n) is 14.5. The summed E-state index contributed by atoms with van der Waals surface area (Å²) in [7, 11) is 1.70. The van der Waals surface area contributed by atoms with Crippen LogP contribution in [0.1, 0.15) is 47.1 Å². The van der Waals surface area contributed by atoms with Gasteiger partial charge in [-0.25, -0.2) is 0 Å². The Morgan fingerprint density at radius 1 is 1.12 bits per heavy atom. The summed E-state index contributed by atoms with van der Waals surface area (Å²) in [6, 6.07) is 22.9. The number of carbonyl (C=O) groups is 1. The molecule has 220 valence electrons. The van der Waals surface area contributed by atoms with Crippen molar-refractivity contribution in [3.05, 3.63) is 94.5 Å². The molecule has 4 N–H and O–H groups in total. The number of rotatable bonds is 13. The molecule has 3 aromatic rings. The average molecular weight is 561 g/mol.